The third kappa shape index (κ3) is 5.78. The number of alkyl halides is 3. The van der Waals surface area contributed by atoms with Crippen LogP contribution in [-0.2, 0) is 0 Å². The van der Waals surface area contributed by atoms with Crippen LogP contribution in [0, 0.1) is 11.8 Å². The predicted molar refractivity (Wildman–Crippen MR) is 148 cm³/mol. The number of benzene rings is 1. The van der Waals surface area contributed by atoms with Crippen LogP contribution >= 0.6 is 11.8 Å². The first kappa shape index (κ1) is 27.9. The van der Waals surface area contributed by atoms with Gasteiger partial charge >= 0.3 is 5.51 Å². The molecule has 0 aliphatic carbocycles. The number of nitrogens with zero attached hydrogens (tertiary/aromatic N) is 4. The molecule has 2 bridgehead atoms. The average Bonchev–Trinajstić information content (AvgIpc) is 3.38. The van der Waals surface area contributed by atoms with Gasteiger partial charge in [0.1, 0.15) is 16.5 Å². The number of thioether (sulfide) groups is 1. The summed E-state index contributed by atoms with van der Waals surface area (Å²) in [6, 6.07) is 5.99. The highest BCUT2D eigenvalue weighted by Crippen LogP contribution is 2.40. The number of likely N-dealkylation sites (N-methyl/N-ethyl adjacent to an activating group) is 1. The number of rotatable bonds is 7. The van der Waals surface area contributed by atoms with Crippen molar-refractivity contribution >= 4 is 34.8 Å². The number of imidazole rings is 1. The molecule has 3 N–H and O–H groups in total. The summed E-state index contributed by atoms with van der Waals surface area (Å²) in [5.41, 5.74) is -3.18. The molecule has 212 valence electrons. The van der Waals surface area contributed by atoms with E-state index in [1.165, 1.54) is 31.0 Å². The second-order valence-electron chi connectivity index (χ2n) is 9.72. The molecule has 2 aliphatic rings. The molecule has 0 spiro atoms. The van der Waals surface area contributed by atoms with Crippen LogP contribution in [0.25, 0.3) is 5.65 Å². The minimum Gasteiger partial charge on any atom is -0.495 e. The predicted octanol–water partition coefficient (Wildman–Crippen LogP) is 4.21. The SMILES string of the molecule is CNC(=O)c1ccc(NCC#Cc2nc3c(N[C@@H]4CC[C@@H]5CC[C@H]4N5C)nccn3c2SC(F)(F)F)c(OC)c1. The van der Waals surface area contributed by atoms with E-state index in [0.717, 1.165) is 25.7 Å². The van der Waals surface area contributed by atoms with E-state index in [1.54, 1.807) is 18.2 Å². The summed E-state index contributed by atoms with van der Waals surface area (Å²) in [5.74, 6) is 6.30. The van der Waals surface area contributed by atoms with Crippen LogP contribution in [-0.4, -0.2) is 76.6 Å². The molecular weight excluding hydrogens is 543 g/mol. The van der Waals surface area contributed by atoms with E-state index in [9.17, 15) is 18.0 Å². The Morgan fingerprint density at radius 3 is 2.80 bits per heavy atom. The molecular formula is C27H30F3N7O2S. The van der Waals surface area contributed by atoms with E-state index in [4.69, 9.17) is 4.74 Å². The van der Waals surface area contributed by atoms with Gasteiger partial charge in [-0.1, -0.05) is 5.92 Å². The number of nitrogens with one attached hydrogen (secondary N) is 3. The average molecular weight is 574 g/mol. The smallest absolute Gasteiger partial charge is 0.447 e. The van der Waals surface area contributed by atoms with Crippen LogP contribution in [0.2, 0.25) is 0 Å². The Bertz CT molecular complexity index is 1470. The van der Waals surface area contributed by atoms with Crippen molar-refractivity contribution in [3.63, 3.8) is 0 Å². The summed E-state index contributed by atoms with van der Waals surface area (Å²) in [6.45, 7) is 0.111. The molecule has 4 heterocycles. The maximum absolute atomic E-state index is 13.5. The van der Waals surface area contributed by atoms with Crippen molar-refractivity contribution in [1.82, 2.24) is 24.6 Å². The first-order chi connectivity index (χ1) is 19.2. The van der Waals surface area contributed by atoms with E-state index in [0.29, 0.717) is 40.5 Å². The number of hydrogen-bond acceptors (Lipinski definition) is 8. The van der Waals surface area contributed by atoms with Crippen molar-refractivity contribution in [3.8, 4) is 17.6 Å². The second-order valence-corrected chi connectivity index (χ2v) is 10.8. The highest BCUT2D eigenvalue weighted by molar-refractivity contribution is 8.00. The highest BCUT2D eigenvalue weighted by atomic mass is 32.2. The Labute approximate surface area is 234 Å². The number of amides is 1. The van der Waals surface area contributed by atoms with Crippen molar-refractivity contribution in [1.29, 1.82) is 0 Å². The van der Waals surface area contributed by atoms with Gasteiger partial charge in [-0.15, -0.1) is 0 Å². The molecule has 1 amide bonds. The summed E-state index contributed by atoms with van der Waals surface area (Å²) in [7, 11) is 5.15. The van der Waals surface area contributed by atoms with Crippen molar-refractivity contribution < 1.29 is 22.7 Å². The van der Waals surface area contributed by atoms with Gasteiger partial charge in [0.2, 0.25) is 0 Å². The van der Waals surface area contributed by atoms with Gasteiger partial charge < -0.3 is 20.7 Å². The molecule has 9 nitrogen and oxygen atoms in total. The van der Waals surface area contributed by atoms with Crippen molar-refractivity contribution in [3.05, 3.63) is 41.9 Å². The van der Waals surface area contributed by atoms with Gasteiger partial charge in [-0.3, -0.25) is 14.1 Å². The number of anilines is 2. The Balaban J connectivity index is 1.40. The molecule has 2 aliphatic heterocycles. The second kappa shape index (κ2) is 11.5. The van der Waals surface area contributed by atoms with Gasteiger partial charge in [0.25, 0.3) is 5.91 Å². The van der Waals surface area contributed by atoms with Gasteiger partial charge in [-0.25, -0.2) is 9.97 Å². The zero-order chi connectivity index (χ0) is 28.4. The fourth-order valence-electron chi connectivity index (χ4n) is 5.52. The van der Waals surface area contributed by atoms with Crippen LogP contribution in [0.5, 0.6) is 5.75 Å². The minimum atomic E-state index is -4.52. The zero-order valence-corrected chi connectivity index (χ0v) is 23.1. The summed E-state index contributed by atoms with van der Waals surface area (Å²) in [4.78, 5) is 23.2. The van der Waals surface area contributed by atoms with Crippen LogP contribution in [0.4, 0.5) is 24.7 Å². The molecule has 2 saturated heterocycles. The summed E-state index contributed by atoms with van der Waals surface area (Å²) in [6.07, 6.45) is 7.23. The number of halogens is 3. The number of carbonyl (C=O) groups excluding carboxylic acids is 1. The lowest BCUT2D eigenvalue weighted by Gasteiger charge is -2.38. The molecule has 3 atom stereocenters. The first-order valence-corrected chi connectivity index (χ1v) is 13.7. The topological polar surface area (TPSA) is 95.8 Å². The van der Waals surface area contributed by atoms with Crippen molar-refractivity contribution in [2.75, 3.05) is 38.4 Å². The van der Waals surface area contributed by atoms with E-state index in [1.807, 2.05) is 0 Å². The van der Waals surface area contributed by atoms with Crippen LogP contribution < -0.4 is 20.7 Å². The number of ether oxygens (including phenoxy) is 1. The summed E-state index contributed by atoms with van der Waals surface area (Å²) >= 11 is -0.247. The largest absolute Gasteiger partial charge is 0.495 e. The van der Waals surface area contributed by atoms with Gasteiger partial charge in [-0.2, -0.15) is 13.2 Å². The number of methoxy groups -OCH3 is 1. The minimum absolute atomic E-state index is 0.0174. The number of carbonyl (C=O) groups is 1. The lowest BCUT2D eigenvalue weighted by atomic mass is 9.98. The molecule has 1 aromatic carbocycles. The van der Waals surface area contributed by atoms with E-state index < -0.39 is 5.51 Å². The first-order valence-electron chi connectivity index (χ1n) is 12.9. The Kier molecular flexibility index (Phi) is 8.00. The maximum Gasteiger partial charge on any atom is 0.447 e. The molecule has 0 unspecified atom stereocenters. The van der Waals surface area contributed by atoms with Crippen LogP contribution in [0.1, 0.15) is 41.7 Å². The number of piperidine rings is 1. The molecule has 2 aromatic heterocycles. The lowest BCUT2D eigenvalue weighted by Crippen LogP contribution is -2.48. The van der Waals surface area contributed by atoms with Gasteiger partial charge in [0.05, 0.1) is 19.3 Å². The number of aromatic nitrogens is 3. The summed E-state index contributed by atoms with van der Waals surface area (Å²) < 4.78 is 47.4. The van der Waals surface area contributed by atoms with Crippen LogP contribution in [0.3, 0.4) is 0 Å². The normalized spacial score (nSPS) is 20.6. The van der Waals surface area contributed by atoms with E-state index in [-0.39, 0.29) is 41.0 Å². The third-order valence-corrected chi connectivity index (χ3v) is 8.28. The van der Waals surface area contributed by atoms with Crippen molar-refractivity contribution in [2.45, 2.75) is 54.3 Å². The molecule has 40 heavy (non-hydrogen) atoms. The summed E-state index contributed by atoms with van der Waals surface area (Å²) in [5, 5.41) is 8.99. The third-order valence-electron chi connectivity index (χ3n) is 7.47. The zero-order valence-electron chi connectivity index (χ0n) is 22.3. The van der Waals surface area contributed by atoms with Crippen LogP contribution in [0.15, 0.2) is 35.6 Å². The standard InChI is InChI=1S/C27H30F3N7O2S/c1-31-25(38)16-6-9-19(22(15-16)39-3)32-12-4-5-20-26(40-27(28,29)30)37-14-13-33-23(24(37)35-20)34-18-10-7-17-8-11-21(18)36(17)2/h6,9,13-15,17-18,21,32H,7-8,10-12H2,1-3H3,(H,31,38)(H,33,34)/t17-,18-,21-/m1/s1. The quantitative estimate of drug-likeness (QED) is 0.286. The fourth-order valence-corrected chi connectivity index (χ4v) is 6.18. The monoisotopic (exact) mass is 573 g/mol. The molecule has 13 heteroatoms. The van der Waals surface area contributed by atoms with Gasteiger partial charge in [-0.05, 0) is 56.9 Å². The van der Waals surface area contributed by atoms with Gasteiger partial charge in [0.15, 0.2) is 11.5 Å². The Hall–Kier alpha value is -3.63. The molecule has 5 rings (SSSR count). The number of hydrogen-bond donors (Lipinski definition) is 3. The lowest BCUT2D eigenvalue weighted by molar-refractivity contribution is -0.0330. The Morgan fingerprint density at radius 1 is 1.25 bits per heavy atom. The van der Waals surface area contributed by atoms with Crippen molar-refractivity contribution in [2.24, 2.45) is 0 Å². The molecule has 3 aromatic rings. The maximum atomic E-state index is 13.5. The van der Waals surface area contributed by atoms with E-state index in [2.05, 4.69) is 49.7 Å². The molecule has 0 saturated carbocycles. The molecule has 0 radical (unpaired) electrons. The van der Waals surface area contributed by atoms with E-state index >= 15 is 0 Å². The fraction of sp³-hybridized carbons (Fsp3) is 0.444. The highest BCUT2D eigenvalue weighted by Gasteiger charge is 2.40. The Morgan fingerprint density at radius 2 is 2.05 bits per heavy atom. The number of fused-ring (bicyclic) bond motifs is 3. The molecule has 2 fully saturated rings. The van der Waals surface area contributed by atoms with Gasteiger partial charge in [0, 0.05) is 54.9 Å².